The fourth-order valence-corrected chi connectivity index (χ4v) is 1.92. The van der Waals surface area contributed by atoms with Crippen LogP contribution in [-0.4, -0.2) is 69.1 Å². The van der Waals surface area contributed by atoms with Crippen LogP contribution in [0.25, 0.3) is 0 Å². The summed E-state index contributed by atoms with van der Waals surface area (Å²) in [7, 11) is 0. The number of amides is 3. The molecule has 0 rings (SSSR count). The van der Waals surface area contributed by atoms with Crippen molar-refractivity contribution in [2.24, 2.45) is 11.5 Å². The summed E-state index contributed by atoms with van der Waals surface area (Å²) in [4.78, 5) is 67.3. The number of carboxylic acid groups (broad SMARTS) is 3. The van der Waals surface area contributed by atoms with E-state index in [1.54, 1.807) is 0 Å². The number of rotatable bonds is 13. The molecule has 3 amide bonds. The molecule has 0 saturated carbocycles. The Balaban J connectivity index is 5.12. The highest BCUT2D eigenvalue weighted by Crippen LogP contribution is 2.04. The maximum absolute atomic E-state index is 12.2. The molecular weight excluding hydrogens is 368 g/mol. The molecule has 0 heterocycles. The van der Waals surface area contributed by atoms with E-state index in [1.807, 2.05) is 5.32 Å². The van der Waals surface area contributed by atoms with E-state index in [4.69, 9.17) is 26.8 Å². The van der Waals surface area contributed by atoms with Crippen LogP contribution in [0.1, 0.15) is 32.1 Å². The molecule has 9 N–H and O–H groups in total. The first-order valence-corrected chi connectivity index (χ1v) is 7.75. The van der Waals surface area contributed by atoms with E-state index in [0.717, 1.165) is 0 Å². The van der Waals surface area contributed by atoms with Crippen LogP contribution in [0.5, 0.6) is 0 Å². The minimum atomic E-state index is -1.56. The van der Waals surface area contributed by atoms with Gasteiger partial charge in [-0.3, -0.25) is 24.0 Å². The van der Waals surface area contributed by atoms with Crippen LogP contribution in [0, 0.1) is 0 Å². The van der Waals surface area contributed by atoms with Crippen molar-refractivity contribution in [1.29, 1.82) is 0 Å². The SMILES string of the molecule is NC(=O)C[C@H](N)C(=O)N[C@@H](CCC(=O)O)C(=O)N[C@@H](CCC(=O)O)C(=O)O. The van der Waals surface area contributed by atoms with Crippen LogP contribution in [0.2, 0.25) is 0 Å². The summed E-state index contributed by atoms with van der Waals surface area (Å²) in [5.41, 5.74) is 10.3. The first-order valence-electron chi connectivity index (χ1n) is 7.75. The average molecular weight is 390 g/mol. The molecular formula is C14H22N4O9. The average Bonchev–Trinajstić information content (AvgIpc) is 2.53. The first kappa shape index (κ1) is 23.8. The Hall–Kier alpha value is -3.22. The van der Waals surface area contributed by atoms with Crippen molar-refractivity contribution in [2.45, 2.75) is 50.2 Å². The van der Waals surface area contributed by atoms with Gasteiger partial charge in [0.2, 0.25) is 17.7 Å². The second kappa shape index (κ2) is 11.4. The number of nitrogens with two attached hydrogens (primary N) is 2. The molecule has 152 valence electrons. The highest BCUT2D eigenvalue weighted by molar-refractivity contribution is 5.93. The van der Waals surface area contributed by atoms with Crippen molar-refractivity contribution in [3.63, 3.8) is 0 Å². The molecule has 0 spiro atoms. The number of carbonyl (C=O) groups excluding carboxylic acids is 3. The molecule has 0 radical (unpaired) electrons. The van der Waals surface area contributed by atoms with Crippen molar-refractivity contribution in [3.05, 3.63) is 0 Å². The minimum absolute atomic E-state index is 0.387. The van der Waals surface area contributed by atoms with Gasteiger partial charge in [-0.2, -0.15) is 0 Å². The Bertz CT molecular complexity index is 607. The highest BCUT2D eigenvalue weighted by Gasteiger charge is 2.29. The number of carboxylic acids is 3. The Labute approximate surface area is 153 Å². The van der Waals surface area contributed by atoms with Crippen molar-refractivity contribution < 1.29 is 44.1 Å². The third-order valence-corrected chi connectivity index (χ3v) is 3.30. The van der Waals surface area contributed by atoms with Crippen molar-refractivity contribution >= 4 is 35.6 Å². The molecule has 0 fully saturated rings. The van der Waals surface area contributed by atoms with E-state index in [2.05, 4.69) is 5.32 Å². The van der Waals surface area contributed by atoms with Gasteiger partial charge in [0.15, 0.2) is 0 Å². The number of hydrogen-bond donors (Lipinski definition) is 7. The van der Waals surface area contributed by atoms with Gasteiger partial charge in [-0.1, -0.05) is 0 Å². The molecule has 0 unspecified atom stereocenters. The van der Waals surface area contributed by atoms with Crippen molar-refractivity contribution in [2.75, 3.05) is 0 Å². The predicted octanol–water partition coefficient (Wildman–Crippen LogP) is -3.03. The molecule has 0 aliphatic rings. The Kier molecular flexibility index (Phi) is 10.0. The third-order valence-electron chi connectivity index (χ3n) is 3.30. The summed E-state index contributed by atoms with van der Waals surface area (Å²) in [6.45, 7) is 0. The molecule has 0 bridgehead atoms. The van der Waals surface area contributed by atoms with Gasteiger partial charge in [0.1, 0.15) is 12.1 Å². The number of aliphatic carboxylic acids is 3. The zero-order valence-corrected chi connectivity index (χ0v) is 14.2. The van der Waals surface area contributed by atoms with Crippen LogP contribution in [-0.2, 0) is 28.8 Å². The quantitative estimate of drug-likeness (QED) is 0.168. The predicted molar refractivity (Wildman–Crippen MR) is 87.0 cm³/mol. The first-order chi connectivity index (χ1) is 12.4. The molecule has 0 aliphatic heterocycles. The fraction of sp³-hybridized carbons (Fsp3) is 0.571. The summed E-state index contributed by atoms with van der Waals surface area (Å²) < 4.78 is 0. The summed E-state index contributed by atoms with van der Waals surface area (Å²) in [6, 6.07) is -4.40. The van der Waals surface area contributed by atoms with Gasteiger partial charge in [-0.15, -0.1) is 0 Å². The van der Waals surface area contributed by atoms with E-state index in [9.17, 15) is 28.8 Å². The van der Waals surface area contributed by atoms with E-state index in [1.165, 1.54) is 0 Å². The van der Waals surface area contributed by atoms with Crippen LogP contribution < -0.4 is 22.1 Å². The maximum atomic E-state index is 12.2. The second-order valence-corrected chi connectivity index (χ2v) is 5.60. The van der Waals surface area contributed by atoms with Gasteiger partial charge in [-0.25, -0.2) is 4.79 Å². The smallest absolute Gasteiger partial charge is 0.326 e. The normalized spacial score (nSPS) is 13.7. The molecule has 0 aliphatic carbocycles. The molecule has 0 saturated heterocycles. The lowest BCUT2D eigenvalue weighted by molar-refractivity contribution is -0.144. The summed E-state index contributed by atoms with van der Waals surface area (Å²) in [6.07, 6.45) is -2.39. The van der Waals surface area contributed by atoms with Crippen LogP contribution in [0.3, 0.4) is 0 Å². The van der Waals surface area contributed by atoms with E-state index < -0.39 is 79.4 Å². The zero-order valence-electron chi connectivity index (χ0n) is 14.2. The minimum Gasteiger partial charge on any atom is -0.481 e. The summed E-state index contributed by atoms with van der Waals surface area (Å²) in [5, 5.41) is 30.5. The molecule has 0 aromatic rings. The lowest BCUT2D eigenvalue weighted by Gasteiger charge is -2.22. The molecule has 0 aromatic carbocycles. The van der Waals surface area contributed by atoms with Gasteiger partial charge in [0.05, 0.1) is 12.5 Å². The number of hydrogen-bond acceptors (Lipinski definition) is 7. The van der Waals surface area contributed by atoms with Crippen LogP contribution >= 0.6 is 0 Å². The van der Waals surface area contributed by atoms with E-state index in [0.29, 0.717) is 0 Å². The van der Waals surface area contributed by atoms with Crippen molar-refractivity contribution in [3.8, 4) is 0 Å². The second-order valence-electron chi connectivity index (χ2n) is 5.60. The lowest BCUT2D eigenvalue weighted by Crippen LogP contribution is -2.55. The summed E-state index contributed by atoms with van der Waals surface area (Å²) >= 11 is 0. The van der Waals surface area contributed by atoms with Gasteiger partial charge in [-0.05, 0) is 12.8 Å². The standard InChI is InChI=1S/C14H22N4O9/c15-6(5-9(16)19)12(24)17-7(1-3-10(20)21)13(25)18-8(14(26)27)2-4-11(22)23/h6-8H,1-5,15H2,(H2,16,19)(H,17,24)(H,18,25)(H,20,21)(H,22,23)(H,26,27)/t6-,7-,8-/m0/s1. The molecule has 3 atom stereocenters. The Morgan fingerprint density at radius 2 is 1.22 bits per heavy atom. The monoisotopic (exact) mass is 390 g/mol. The third kappa shape index (κ3) is 10.4. The molecule has 0 aromatic heterocycles. The van der Waals surface area contributed by atoms with Gasteiger partial charge >= 0.3 is 17.9 Å². The van der Waals surface area contributed by atoms with E-state index in [-0.39, 0.29) is 6.42 Å². The van der Waals surface area contributed by atoms with Gasteiger partial charge in [0.25, 0.3) is 0 Å². The van der Waals surface area contributed by atoms with Gasteiger partial charge < -0.3 is 37.4 Å². The Morgan fingerprint density at radius 1 is 0.778 bits per heavy atom. The maximum Gasteiger partial charge on any atom is 0.326 e. The molecule has 13 nitrogen and oxygen atoms in total. The zero-order chi connectivity index (χ0) is 21.1. The topological polar surface area (TPSA) is 239 Å². The highest BCUT2D eigenvalue weighted by atomic mass is 16.4. The van der Waals surface area contributed by atoms with Crippen LogP contribution in [0.4, 0.5) is 0 Å². The molecule has 27 heavy (non-hydrogen) atoms. The van der Waals surface area contributed by atoms with Crippen molar-refractivity contribution in [1.82, 2.24) is 10.6 Å². The summed E-state index contributed by atoms with van der Waals surface area (Å²) in [5.74, 6) is -6.92. The number of carbonyl (C=O) groups is 6. The van der Waals surface area contributed by atoms with Crippen LogP contribution in [0.15, 0.2) is 0 Å². The Morgan fingerprint density at radius 3 is 1.63 bits per heavy atom. The largest absolute Gasteiger partial charge is 0.481 e. The number of primary amides is 1. The molecule has 13 heteroatoms. The lowest BCUT2D eigenvalue weighted by atomic mass is 10.1. The van der Waals surface area contributed by atoms with E-state index >= 15 is 0 Å². The fourth-order valence-electron chi connectivity index (χ4n) is 1.92. The number of nitrogens with one attached hydrogen (secondary N) is 2. The van der Waals surface area contributed by atoms with Gasteiger partial charge in [0, 0.05) is 12.8 Å².